The van der Waals surface area contributed by atoms with Crippen molar-refractivity contribution in [3.8, 4) is 0 Å². The fraction of sp³-hybridized carbons (Fsp3) is 0.690. The Kier molecular flexibility index (Phi) is 46.7. The van der Waals surface area contributed by atoms with Gasteiger partial charge in [-0.1, -0.05) is 214 Å². The van der Waals surface area contributed by atoms with E-state index in [1.807, 2.05) is 21.1 Å². The fourth-order valence-electron chi connectivity index (χ4n) is 6.96. The molecule has 0 saturated heterocycles. The number of hydrogen-bond acceptors (Lipinski definition) is 8. The number of esters is 2. The second-order valence-electron chi connectivity index (χ2n) is 18.9. The van der Waals surface area contributed by atoms with E-state index < -0.39 is 32.5 Å². The predicted molar refractivity (Wildman–Crippen MR) is 286 cm³/mol. The molecule has 0 aromatic heterocycles. The molecule has 2 unspecified atom stereocenters. The van der Waals surface area contributed by atoms with Crippen molar-refractivity contribution >= 4 is 19.8 Å². The molecule has 0 rings (SSSR count). The van der Waals surface area contributed by atoms with Crippen molar-refractivity contribution in [2.45, 2.75) is 213 Å². The van der Waals surface area contributed by atoms with Gasteiger partial charge in [-0.2, -0.15) is 0 Å². The van der Waals surface area contributed by atoms with Crippen LogP contribution in [-0.4, -0.2) is 70.0 Å². The lowest BCUT2D eigenvalue weighted by Crippen LogP contribution is -2.37. The second-order valence-corrected chi connectivity index (χ2v) is 20.3. The van der Waals surface area contributed by atoms with E-state index in [0.717, 1.165) is 83.5 Å². The Morgan fingerprint density at radius 1 is 0.471 bits per heavy atom. The highest BCUT2D eigenvalue weighted by Gasteiger charge is 2.21. The van der Waals surface area contributed by atoms with Crippen molar-refractivity contribution in [2.24, 2.45) is 0 Å². The van der Waals surface area contributed by atoms with E-state index >= 15 is 0 Å². The SMILES string of the molecule is CC/C=C\C/C=C\C/C=C\C/C=C\C/C=C\C/C=C\C/C=C\C/C=C\CCCCC(=O)OC(COC(=O)CCCCCCCCCCCCCCCCCCC)COP(=O)([O-])OCC[N+](C)(C)C. The topological polar surface area (TPSA) is 111 Å². The van der Waals surface area contributed by atoms with Crippen LogP contribution in [0.3, 0.4) is 0 Å². The molecule has 0 aliphatic rings. The van der Waals surface area contributed by atoms with Crippen LogP contribution in [0.2, 0.25) is 0 Å². The molecule has 0 aliphatic carbocycles. The van der Waals surface area contributed by atoms with E-state index in [1.165, 1.54) is 89.9 Å². The summed E-state index contributed by atoms with van der Waals surface area (Å²) < 4.78 is 34.0. The average molecular weight is 970 g/mol. The maximum absolute atomic E-state index is 12.8. The highest BCUT2D eigenvalue weighted by molar-refractivity contribution is 7.45. The number of carbonyl (C=O) groups excluding carboxylic acids is 2. The summed E-state index contributed by atoms with van der Waals surface area (Å²) in [6.07, 6.45) is 65.9. The molecule has 0 saturated carbocycles. The number of unbranched alkanes of at least 4 members (excludes halogenated alkanes) is 18. The summed E-state index contributed by atoms with van der Waals surface area (Å²) in [6, 6.07) is 0. The first-order chi connectivity index (χ1) is 33.0. The van der Waals surface area contributed by atoms with Gasteiger partial charge < -0.3 is 27.9 Å². The number of likely N-dealkylation sites (N-methyl/N-ethyl adjacent to an activating group) is 1. The molecule has 0 amide bonds. The highest BCUT2D eigenvalue weighted by Crippen LogP contribution is 2.38. The maximum atomic E-state index is 12.8. The van der Waals surface area contributed by atoms with E-state index in [9.17, 15) is 19.0 Å². The van der Waals surface area contributed by atoms with Crippen molar-refractivity contribution in [1.29, 1.82) is 0 Å². The van der Waals surface area contributed by atoms with Gasteiger partial charge in [-0.25, -0.2) is 0 Å². The molecule has 68 heavy (non-hydrogen) atoms. The van der Waals surface area contributed by atoms with Gasteiger partial charge in [0.05, 0.1) is 27.7 Å². The first kappa shape index (κ1) is 64.9. The molecule has 0 bridgehead atoms. The number of rotatable bonds is 48. The minimum atomic E-state index is -4.65. The molecule has 0 heterocycles. The molecular weight excluding hydrogens is 870 g/mol. The number of ether oxygens (including phenoxy) is 2. The standard InChI is InChI=1S/C58H100NO8P/c1-6-8-10-12-14-16-18-20-22-24-25-26-27-28-29-30-31-32-33-35-37-39-41-43-45-47-49-51-58(61)67-56(55-66-68(62,63)65-53-52-59(3,4)5)54-64-57(60)50-48-46-44-42-40-38-36-34-23-21-19-17-15-13-11-9-7-2/h8,10,14,16,20,22,25-26,28-29,31-32,35,37,41,43,56H,6-7,9,11-13,15,17-19,21,23-24,27,30,33-34,36,38-40,42,44-55H2,1-5H3/b10-8-,16-14-,22-20-,26-25-,29-28-,32-31-,37-35-,43-41-. The number of hydrogen-bond donors (Lipinski definition) is 0. The van der Waals surface area contributed by atoms with E-state index in [4.69, 9.17) is 18.5 Å². The minimum Gasteiger partial charge on any atom is -0.756 e. The largest absolute Gasteiger partial charge is 0.756 e. The summed E-state index contributed by atoms with van der Waals surface area (Å²) in [5.74, 6) is -0.886. The van der Waals surface area contributed by atoms with Crippen LogP contribution in [0.1, 0.15) is 206 Å². The van der Waals surface area contributed by atoms with Crippen molar-refractivity contribution in [3.63, 3.8) is 0 Å². The Labute approximate surface area is 417 Å². The lowest BCUT2D eigenvalue weighted by molar-refractivity contribution is -0.870. The molecule has 2 atom stereocenters. The second kappa shape index (κ2) is 48.9. The van der Waals surface area contributed by atoms with Crippen LogP contribution in [0, 0.1) is 0 Å². The summed E-state index contributed by atoms with van der Waals surface area (Å²) in [5, 5.41) is 0. The quantitative estimate of drug-likeness (QED) is 0.0195. The molecule has 0 fully saturated rings. The summed E-state index contributed by atoms with van der Waals surface area (Å²) in [5.41, 5.74) is 0. The first-order valence-electron chi connectivity index (χ1n) is 26.9. The monoisotopic (exact) mass is 970 g/mol. The third-order valence-electron chi connectivity index (χ3n) is 11.1. The smallest absolute Gasteiger partial charge is 0.306 e. The van der Waals surface area contributed by atoms with E-state index in [0.29, 0.717) is 17.4 Å². The molecule has 0 aromatic rings. The summed E-state index contributed by atoms with van der Waals surface area (Å²) in [7, 11) is 1.13. The van der Waals surface area contributed by atoms with Crippen molar-refractivity contribution in [3.05, 3.63) is 97.2 Å². The first-order valence-corrected chi connectivity index (χ1v) is 28.4. The zero-order valence-electron chi connectivity index (χ0n) is 44.0. The predicted octanol–water partition coefficient (Wildman–Crippen LogP) is 15.8. The zero-order chi connectivity index (χ0) is 49.9. The number of phosphoric acid groups is 1. The molecule has 0 spiro atoms. The summed E-state index contributed by atoms with van der Waals surface area (Å²) in [4.78, 5) is 37.8. The summed E-state index contributed by atoms with van der Waals surface area (Å²) in [6.45, 7) is 4.07. The van der Waals surface area contributed by atoms with Crippen LogP contribution >= 0.6 is 7.82 Å². The molecule has 0 aliphatic heterocycles. The lowest BCUT2D eigenvalue weighted by atomic mass is 10.0. The average Bonchev–Trinajstić information content (AvgIpc) is 3.30. The normalized spacial score (nSPS) is 14.1. The van der Waals surface area contributed by atoms with Crippen LogP contribution < -0.4 is 4.89 Å². The number of phosphoric ester groups is 1. The van der Waals surface area contributed by atoms with Crippen LogP contribution in [0.5, 0.6) is 0 Å². The van der Waals surface area contributed by atoms with Crippen LogP contribution in [0.15, 0.2) is 97.2 Å². The van der Waals surface area contributed by atoms with Gasteiger partial charge in [-0.05, 0) is 77.0 Å². The Hall–Kier alpha value is -3.07. The van der Waals surface area contributed by atoms with Gasteiger partial charge in [0.1, 0.15) is 19.8 Å². The molecular formula is C58H100NO8P. The van der Waals surface area contributed by atoms with Crippen molar-refractivity contribution in [1.82, 2.24) is 0 Å². The number of carbonyl (C=O) groups is 2. The van der Waals surface area contributed by atoms with Crippen LogP contribution in [0.25, 0.3) is 0 Å². The third-order valence-corrected chi connectivity index (χ3v) is 12.1. The molecule has 9 nitrogen and oxygen atoms in total. The fourth-order valence-corrected chi connectivity index (χ4v) is 7.69. The number of quaternary nitrogens is 1. The summed E-state index contributed by atoms with van der Waals surface area (Å²) >= 11 is 0. The Bertz CT molecular complexity index is 1470. The van der Waals surface area contributed by atoms with Gasteiger partial charge >= 0.3 is 11.9 Å². The van der Waals surface area contributed by atoms with Gasteiger partial charge in [0.25, 0.3) is 7.82 Å². The van der Waals surface area contributed by atoms with Gasteiger partial charge in [0.2, 0.25) is 0 Å². The minimum absolute atomic E-state index is 0.0435. The van der Waals surface area contributed by atoms with Crippen LogP contribution in [-0.2, 0) is 32.7 Å². The highest BCUT2D eigenvalue weighted by atomic mass is 31.2. The van der Waals surface area contributed by atoms with E-state index in [-0.39, 0.29) is 26.1 Å². The molecule has 10 heteroatoms. The van der Waals surface area contributed by atoms with Gasteiger partial charge in [0.15, 0.2) is 6.10 Å². The Morgan fingerprint density at radius 2 is 0.838 bits per heavy atom. The van der Waals surface area contributed by atoms with E-state index in [1.54, 1.807) is 0 Å². The molecule has 0 radical (unpaired) electrons. The van der Waals surface area contributed by atoms with Crippen LogP contribution in [0.4, 0.5) is 0 Å². The lowest BCUT2D eigenvalue weighted by Gasteiger charge is -2.28. The third kappa shape index (κ3) is 52.3. The number of nitrogens with zero attached hydrogens (tertiary/aromatic N) is 1. The molecule has 390 valence electrons. The van der Waals surface area contributed by atoms with Gasteiger partial charge in [-0.3, -0.25) is 14.2 Å². The van der Waals surface area contributed by atoms with E-state index in [2.05, 4.69) is 111 Å². The maximum Gasteiger partial charge on any atom is 0.306 e. The molecule has 0 aromatic carbocycles. The Balaban J connectivity index is 4.34. The van der Waals surface area contributed by atoms with Crippen molar-refractivity contribution in [2.75, 3.05) is 47.5 Å². The van der Waals surface area contributed by atoms with Gasteiger partial charge in [0, 0.05) is 12.8 Å². The van der Waals surface area contributed by atoms with Crippen molar-refractivity contribution < 1.29 is 42.1 Å². The Morgan fingerprint density at radius 3 is 1.25 bits per heavy atom. The zero-order valence-corrected chi connectivity index (χ0v) is 44.9. The molecule has 0 N–H and O–H groups in total. The number of allylic oxidation sites excluding steroid dienone is 16. The van der Waals surface area contributed by atoms with Gasteiger partial charge in [-0.15, -0.1) is 0 Å².